The van der Waals surface area contributed by atoms with Gasteiger partial charge in [-0.3, -0.25) is 9.88 Å². The van der Waals surface area contributed by atoms with Crippen molar-refractivity contribution in [1.29, 1.82) is 0 Å². The third-order valence-electron chi connectivity index (χ3n) is 3.78. The van der Waals surface area contributed by atoms with Gasteiger partial charge in [0, 0.05) is 30.2 Å². The molecular formula is C17H25N3. The van der Waals surface area contributed by atoms with Crippen LogP contribution in [0.4, 0.5) is 0 Å². The van der Waals surface area contributed by atoms with E-state index in [1.54, 1.807) is 0 Å². The molecule has 20 heavy (non-hydrogen) atoms. The topological polar surface area (TPSA) is 42.1 Å². The molecule has 0 aliphatic rings. The monoisotopic (exact) mass is 271 g/mol. The lowest BCUT2D eigenvalue weighted by molar-refractivity contribution is 0.157. The Hall–Kier alpha value is -1.45. The molecule has 0 aliphatic carbocycles. The summed E-state index contributed by atoms with van der Waals surface area (Å²) in [4.78, 5) is 6.86. The van der Waals surface area contributed by atoms with E-state index in [1.165, 1.54) is 10.9 Å². The van der Waals surface area contributed by atoms with Gasteiger partial charge < -0.3 is 5.73 Å². The molecule has 108 valence electrons. The van der Waals surface area contributed by atoms with Crippen molar-refractivity contribution >= 4 is 10.9 Å². The fourth-order valence-electron chi connectivity index (χ4n) is 2.80. The highest BCUT2D eigenvalue weighted by Crippen LogP contribution is 2.25. The SMILES string of the molecule is CCCN(C(C)C)C(CN)c1ccc2ncccc2c1. The van der Waals surface area contributed by atoms with Gasteiger partial charge in [-0.1, -0.05) is 19.1 Å². The molecule has 1 aromatic heterocycles. The van der Waals surface area contributed by atoms with Crippen molar-refractivity contribution in [3.8, 4) is 0 Å². The second-order valence-corrected chi connectivity index (χ2v) is 5.54. The number of pyridine rings is 1. The standard InChI is InChI=1S/C17H25N3/c1-4-10-20(13(2)3)17(12-18)15-7-8-16-14(11-15)6-5-9-19-16/h5-9,11,13,17H,4,10,12,18H2,1-3H3. The molecule has 0 saturated heterocycles. The summed E-state index contributed by atoms with van der Waals surface area (Å²) in [7, 11) is 0. The Morgan fingerprint density at radius 1 is 1.25 bits per heavy atom. The van der Waals surface area contributed by atoms with Crippen LogP contribution in [0.2, 0.25) is 0 Å². The zero-order valence-electron chi connectivity index (χ0n) is 12.7. The van der Waals surface area contributed by atoms with Gasteiger partial charge in [-0.25, -0.2) is 0 Å². The molecule has 3 nitrogen and oxygen atoms in total. The molecule has 0 bridgehead atoms. The van der Waals surface area contributed by atoms with Crippen molar-refractivity contribution in [3.63, 3.8) is 0 Å². The maximum Gasteiger partial charge on any atom is 0.0702 e. The van der Waals surface area contributed by atoms with E-state index in [1.807, 2.05) is 12.3 Å². The van der Waals surface area contributed by atoms with Crippen molar-refractivity contribution in [3.05, 3.63) is 42.1 Å². The number of hydrogen-bond acceptors (Lipinski definition) is 3. The minimum absolute atomic E-state index is 0.277. The molecule has 2 N–H and O–H groups in total. The third-order valence-corrected chi connectivity index (χ3v) is 3.78. The maximum atomic E-state index is 6.06. The van der Waals surface area contributed by atoms with Gasteiger partial charge >= 0.3 is 0 Å². The second kappa shape index (κ2) is 6.82. The van der Waals surface area contributed by atoms with Gasteiger partial charge in [0.2, 0.25) is 0 Å². The van der Waals surface area contributed by atoms with E-state index in [0.717, 1.165) is 18.5 Å². The number of aromatic nitrogens is 1. The maximum absolute atomic E-state index is 6.06. The number of nitrogens with zero attached hydrogens (tertiary/aromatic N) is 2. The van der Waals surface area contributed by atoms with Crippen molar-refractivity contribution in [2.45, 2.75) is 39.3 Å². The fraction of sp³-hybridized carbons (Fsp3) is 0.471. The van der Waals surface area contributed by atoms with Crippen LogP contribution in [0.1, 0.15) is 38.8 Å². The number of benzene rings is 1. The Morgan fingerprint density at radius 3 is 2.70 bits per heavy atom. The van der Waals surface area contributed by atoms with Crippen LogP contribution in [-0.4, -0.2) is 29.0 Å². The molecule has 2 rings (SSSR count). The first-order chi connectivity index (χ1) is 9.67. The Labute approximate surface area is 121 Å². The lowest BCUT2D eigenvalue weighted by atomic mass is 10.0. The fourth-order valence-corrected chi connectivity index (χ4v) is 2.80. The van der Waals surface area contributed by atoms with Crippen molar-refractivity contribution < 1.29 is 0 Å². The summed E-state index contributed by atoms with van der Waals surface area (Å²) in [5.41, 5.74) is 8.39. The number of hydrogen-bond donors (Lipinski definition) is 1. The van der Waals surface area contributed by atoms with Gasteiger partial charge in [0.1, 0.15) is 0 Å². The quantitative estimate of drug-likeness (QED) is 0.876. The van der Waals surface area contributed by atoms with E-state index in [0.29, 0.717) is 12.6 Å². The highest BCUT2D eigenvalue weighted by molar-refractivity contribution is 5.79. The molecule has 0 amide bonds. The van der Waals surface area contributed by atoms with Crippen molar-refractivity contribution in [2.24, 2.45) is 5.73 Å². The highest BCUT2D eigenvalue weighted by atomic mass is 15.2. The minimum Gasteiger partial charge on any atom is -0.329 e. The van der Waals surface area contributed by atoms with Crippen LogP contribution < -0.4 is 5.73 Å². The van der Waals surface area contributed by atoms with Gasteiger partial charge in [-0.2, -0.15) is 0 Å². The number of fused-ring (bicyclic) bond motifs is 1. The average molecular weight is 271 g/mol. The minimum atomic E-state index is 0.277. The normalized spacial score (nSPS) is 13.3. The van der Waals surface area contributed by atoms with Gasteiger partial charge in [0.05, 0.1) is 5.52 Å². The first-order valence-corrected chi connectivity index (χ1v) is 7.47. The lowest BCUT2D eigenvalue weighted by Gasteiger charge is -2.34. The van der Waals surface area contributed by atoms with E-state index < -0.39 is 0 Å². The summed E-state index contributed by atoms with van der Waals surface area (Å²) >= 11 is 0. The Balaban J connectivity index is 2.37. The molecule has 1 atom stereocenters. The average Bonchev–Trinajstić information content (AvgIpc) is 2.47. The number of rotatable bonds is 6. The second-order valence-electron chi connectivity index (χ2n) is 5.54. The summed E-state index contributed by atoms with van der Waals surface area (Å²) in [6.07, 6.45) is 2.98. The van der Waals surface area contributed by atoms with Crippen LogP contribution in [0.25, 0.3) is 10.9 Å². The molecule has 1 unspecified atom stereocenters. The van der Waals surface area contributed by atoms with E-state index in [4.69, 9.17) is 5.73 Å². The molecule has 0 spiro atoms. The van der Waals surface area contributed by atoms with Crippen molar-refractivity contribution in [1.82, 2.24) is 9.88 Å². The lowest BCUT2D eigenvalue weighted by Crippen LogP contribution is -2.39. The zero-order valence-corrected chi connectivity index (χ0v) is 12.7. The van der Waals surface area contributed by atoms with Crippen LogP contribution in [0, 0.1) is 0 Å². The predicted molar refractivity (Wildman–Crippen MR) is 85.7 cm³/mol. The first kappa shape index (κ1) is 14.9. The van der Waals surface area contributed by atoms with Crippen LogP contribution in [0.5, 0.6) is 0 Å². The molecule has 0 fully saturated rings. The van der Waals surface area contributed by atoms with Gasteiger partial charge in [-0.15, -0.1) is 0 Å². The van der Waals surface area contributed by atoms with E-state index in [2.05, 4.69) is 54.9 Å². The number of nitrogens with two attached hydrogens (primary N) is 1. The van der Waals surface area contributed by atoms with Crippen LogP contribution >= 0.6 is 0 Å². The van der Waals surface area contributed by atoms with Crippen LogP contribution in [0.15, 0.2) is 36.5 Å². The van der Waals surface area contributed by atoms with Crippen LogP contribution in [0.3, 0.4) is 0 Å². The molecule has 1 heterocycles. The van der Waals surface area contributed by atoms with E-state index in [9.17, 15) is 0 Å². The Bertz CT molecular complexity index is 551. The summed E-state index contributed by atoms with van der Waals surface area (Å²) in [5, 5.41) is 1.18. The highest BCUT2D eigenvalue weighted by Gasteiger charge is 2.21. The Kier molecular flexibility index (Phi) is 5.10. The largest absolute Gasteiger partial charge is 0.329 e. The zero-order chi connectivity index (χ0) is 14.5. The third kappa shape index (κ3) is 3.17. The summed E-state index contributed by atoms with van der Waals surface area (Å²) in [6, 6.07) is 11.3. The summed E-state index contributed by atoms with van der Waals surface area (Å²) in [5.74, 6) is 0. The van der Waals surface area contributed by atoms with Crippen LogP contribution in [-0.2, 0) is 0 Å². The summed E-state index contributed by atoms with van der Waals surface area (Å²) in [6.45, 7) is 8.41. The van der Waals surface area contributed by atoms with Gasteiger partial charge in [0.25, 0.3) is 0 Å². The van der Waals surface area contributed by atoms with Gasteiger partial charge in [0.15, 0.2) is 0 Å². The smallest absolute Gasteiger partial charge is 0.0702 e. The van der Waals surface area contributed by atoms with E-state index >= 15 is 0 Å². The molecule has 0 aliphatic heterocycles. The molecule has 0 saturated carbocycles. The Morgan fingerprint density at radius 2 is 2.05 bits per heavy atom. The molecular weight excluding hydrogens is 246 g/mol. The molecule has 1 aromatic carbocycles. The molecule has 3 heteroatoms. The first-order valence-electron chi connectivity index (χ1n) is 7.47. The van der Waals surface area contributed by atoms with E-state index in [-0.39, 0.29) is 6.04 Å². The predicted octanol–water partition coefficient (Wildman–Crippen LogP) is 3.36. The van der Waals surface area contributed by atoms with Crippen molar-refractivity contribution in [2.75, 3.05) is 13.1 Å². The summed E-state index contributed by atoms with van der Waals surface area (Å²) < 4.78 is 0. The molecule has 0 radical (unpaired) electrons. The van der Waals surface area contributed by atoms with Gasteiger partial charge in [-0.05, 0) is 50.6 Å². The molecule has 2 aromatic rings.